The van der Waals surface area contributed by atoms with Crippen molar-refractivity contribution in [3.63, 3.8) is 0 Å². The fourth-order valence-electron chi connectivity index (χ4n) is 1.44. The van der Waals surface area contributed by atoms with Crippen molar-refractivity contribution < 1.29 is 4.74 Å². The summed E-state index contributed by atoms with van der Waals surface area (Å²) in [6.07, 6.45) is 1.70. The molecule has 0 fully saturated rings. The number of aryl methyl sites for hydroxylation is 2. The van der Waals surface area contributed by atoms with Crippen LogP contribution in [-0.4, -0.2) is 9.97 Å². The lowest BCUT2D eigenvalue weighted by molar-refractivity contribution is 0.455. The summed E-state index contributed by atoms with van der Waals surface area (Å²) in [5, 5.41) is 8.86. The summed E-state index contributed by atoms with van der Waals surface area (Å²) in [7, 11) is 0. The van der Waals surface area contributed by atoms with Crippen LogP contribution in [0.1, 0.15) is 17.0 Å². The molecule has 84 valence electrons. The highest BCUT2D eigenvalue weighted by atomic mass is 16.5. The van der Waals surface area contributed by atoms with Crippen molar-refractivity contribution in [3.8, 4) is 17.7 Å². The van der Waals surface area contributed by atoms with Gasteiger partial charge in [-0.1, -0.05) is 0 Å². The maximum Gasteiger partial charge on any atom is 0.220 e. The Bertz CT molecular complexity index is 587. The van der Waals surface area contributed by atoms with Gasteiger partial charge in [-0.2, -0.15) is 5.26 Å². The molecule has 2 rings (SSSR count). The molecule has 0 saturated heterocycles. The van der Waals surface area contributed by atoms with Crippen molar-refractivity contribution in [2.75, 3.05) is 0 Å². The van der Waals surface area contributed by atoms with Gasteiger partial charge in [-0.05, 0) is 32.0 Å². The molecular weight excluding hydrogens is 214 g/mol. The second kappa shape index (κ2) is 4.62. The minimum atomic E-state index is 0.414. The zero-order valence-electron chi connectivity index (χ0n) is 9.64. The number of nitriles is 1. The molecule has 0 unspecified atom stereocenters. The number of nitrogens with zero attached hydrogens (tertiary/aromatic N) is 3. The lowest BCUT2D eigenvalue weighted by Crippen LogP contribution is -1.94. The van der Waals surface area contributed by atoms with Crippen LogP contribution in [0.3, 0.4) is 0 Å². The lowest BCUT2D eigenvalue weighted by atomic mass is 10.2. The Morgan fingerprint density at radius 2 is 2.12 bits per heavy atom. The van der Waals surface area contributed by atoms with Crippen LogP contribution in [0.4, 0.5) is 0 Å². The van der Waals surface area contributed by atoms with Gasteiger partial charge in [0.1, 0.15) is 0 Å². The number of hydrogen-bond donors (Lipinski definition) is 0. The third-order valence-corrected chi connectivity index (χ3v) is 2.23. The number of pyridine rings is 2. The number of aromatic nitrogens is 2. The Morgan fingerprint density at radius 1 is 1.29 bits per heavy atom. The first-order chi connectivity index (χ1) is 8.19. The predicted octanol–water partition coefficient (Wildman–Crippen LogP) is 2.76. The zero-order valence-corrected chi connectivity index (χ0v) is 9.64. The van der Waals surface area contributed by atoms with E-state index in [1.165, 1.54) is 0 Å². The Morgan fingerprint density at radius 3 is 2.82 bits per heavy atom. The maximum absolute atomic E-state index is 8.86. The molecule has 0 atom stereocenters. The fourth-order valence-corrected chi connectivity index (χ4v) is 1.44. The summed E-state index contributed by atoms with van der Waals surface area (Å²) in [6, 6.07) is 9.01. The van der Waals surface area contributed by atoms with Crippen LogP contribution < -0.4 is 4.74 Å². The summed E-state index contributed by atoms with van der Waals surface area (Å²) in [4.78, 5) is 8.34. The van der Waals surface area contributed by atoms with Gasteiger partial charge in [0, 0.05) is 18.0 Å². The maximum atomic E-state index is 8.86. The number of ether oxygens (including phenoxy) is 1. The quantitative estimate of drug-likeness (QED) is 0.788. The Hall–Kier alpha value is -2.41. The fraction of sp³-hybridized carbons (Fsp3) is 0.154. The van der Waals surface area contributed by atoms with Crippen LogP contribution in [0.15, 0.2) is 30.5 Å². The molecule has 0 bridgehead atoms. The molecule has 4 heteroatoms. The van der Waals surface area contributed by atoms with E-state index < -0.39 is 0 Å². The number of rotatable bonds is 2. The molecule has 0 spiro atoms. The van der Waals surface area contributed by atoms with Gasteiger partial charge < -0.3 is 4.74 Å². The first kappa shape index (κ1) is 11.1. The van der Waals surface area contributed by atoms with Crippen molar-refractivity contribution in [1.82, 2.24) is 9.97 Å². The summed E-state index contributed by atoms with van der Waals surface area (Å²) >= 11 is 0. The standard InChI is InChI=1S/C13H11N3O/c1-9-6-11(8-14)7-13(16-9)17-12-4-3-5-15-10(12)2/h3-7H,1-2H3. The molecular formula is C13H11N3O. The molecule has 2 heterocycles. The van der Waals surface area contributed by atoms with Gasteiger partial charge in [0.25, 0.3) is 0 Å². The Labute approximate surface area is 99.5 Å². The van der Waals surface area contributed by atoms with Crippen molar-refractivity contribution in [3.05, 3.63) is 47.4 Å². The van der Waals surface area contributed by atoms with Crippen LogP contribution in [0.2, 0.25) is 0 Å². The Balaban J connectivity index is 2.34. The third-order valence-electron chi connectivity index (χ3n) is 2.23. The van der Waals surface area contributed by atoms with Gasteiger partial charge >= 0.3 is 0 Å². The molecule has 0 amide bonds. The van der Waals surface area contributed by atoms with E-state index in [2.05, 4.69) is 16.0 Å². The minimum absolute atomic E-state index is 0.414. The van der Waals surface area contributed by atoms with E-state index in [1.54, 1.807) is 24.4 Å². The first-order valence-corrected chi connectivity index (χ1v) is 5.17. The predicted molar refractivity (Wildman–Crippen MR) is 62.7 cm³/mol. The van der Waals surface area contributed by atoms with E-state index in [4.69, 9.17) is 10.00 Å². The van der Waals surface area contributed by atoms with E-state index in [9.17, 15) is 0 Å². The van der Waals surface area contributed by atoms with Crippen LogP contribution in [-0.2, 0) is 0 Å². The van der Waals surface area contributed by atoms with E-state index in [0.29, 0.717) is 17.2 Å². The molecule has 17 heavy (non-hydrogen) atoms. The van der Waals surface area contributed by atoms with Crippen molar-refractivity contribution >= 4 is 0 Å². The first-order valence-electron chi connectivity index (χ1n) is 5.17. The molecule has 0 N–H and O–H groups in total. The highest BCUT2D eigenvalue weighted by Crippen LogP contribution is 2.22. The highest BCUT2D eigenvalue weighted by molar-refractivity contribution is 5.37. The van der Waals surface area contributed by atoms with Crippen molar-refractivity contribution in [1.29, 1.82) is 5.26 Å². The number of hydrogen-bond acceptors (Lipinski definition) is 4. The van der Waals surface area contributed by atoms with Gasteiger partial charge in [-0.3, -0.25) is 4.98 Å². The molecule has 2 aromatic rings. The van der Waals surface area contributed by atoms with Crippen LogP contribution in [0.25, 0.3) is 0 Å². The molecule has 4 nitrogen and oxygen atoms in total. The summed E-state index contributed by atoms with van der Waals surface area (Å²) in [5.74, 6) is 1.06. The van der Waals surface area contributed by atoms with E-state index in [-0.39, 0.29) is 0 Å². The molecule has 0 aliphatic heterocycles. The monoisotopic (exact) mass is 225 g/mol. The van der Waals surface area contributed by atoms with Crippen LogP contribution in [0, 0.1) is 25.2 Å². The zero-order chi connectivity index (χ0) is 12.3. The smallest absolute Gasteiger partial charge is 0.220 e. The van der Waals surface area contributed by atoms with E-state index in [0.717, 1.165) is 11.4 Å². The molecule has 0 aliphatic rings. The second-order valence-corrected chi connectivity index (χ2v) is 3.64. The normalized spacial score (nSPS) is 9.71. The van der Waals surface area contributed by atoms with Crippen molar-refractivity contribution in [2.24, 2.45) is 0 Å². The van der Waals surface area contributed by atoms with Gasteiger partial charge in [0.15, 0.2) is 5.75 Å². The van der Waals surface area contributed by atoms with Crippen LogP contribution in [0.5, 0.6) is 11.6 Å². The van der Waals surface area contributed by atoms with Gasteiger partial charge in [0.2, 0.25) is 5.88 Å². The summed E-state index contributed by atoms with van der Waals surface area (Å²) in [6.45, 7) is 3.68. The van der Waals surface area contributed by atoms with Gasteiger partial charge in [-0.25, -0.2) is 4.98 Å². The summed E-state index contributed by atoms with van der Waals surface area (Å²) < 4.78 is 5.61. The Kier molecular flexibility index (Phi) is 3.01. The second-order valence-electron chi connectivity index (χ2n) is 3.64. The third kappa shape index (κ3) is 2.58. The van der Waals surface area contributed by atoms with E-state index >= 15 is 0 Å². The van der Waals surface area contributed by atoms with Crippen molar-refractivity contribution in [2.45, 2.75) is 13.8 Å². The SMILES string of the molecule is Cc1cc(C#N)cc(Oc2cccnc2C)n1. The van der Waals surface area contributed by atoms with Crippen LogP contribution >= 0.6 is 0 Å². The van der Waals surface area contributed by atoms with Gasteiger partial charge in [0.05, 0.1) is 17.3 Å². The molecule has 2 aromatic heterocycles. The molecule has 0 aliphatic carbocycles. The highest BCUT2D eigenvalue weighted by Gasteiger charge is 2.04. The largest absolute Gasteiger partial charge is 0.437 e. The topological polar surface area (TPSA) is 58.8 Å². The van der Waals surface area contributed by atoms with E-state index in [1.807, 2.05) is 19.9 Å². The summed E-state index contributed by atoms with van der Waals surface area (Å²) in [5.41, 5.74) is 2.07. The average Bonchev–Trinajstić information content (AvgIpc) is 2.31. The molecule has 0 saturated carbocycles. The average molecular weight is 225 g/mol. The van der Waals surface area contributed by atoms with Gasteiger partial charge in [-0.15, -0.1) is 0 Å². The lowest BCUT2D eigenvalue weighted by Gasteiger charge is -2.07. The molecule has 0 aromatic carbocycles. The minimum Gasteiger partial charge on any atom is -0.437 e. The molecule has 0 radical (unpaired) electrons.